The van der Waals surface area contributed by atoms with Gasteiger partial charge in [0.1, 0.15) is 0 Å². The zero-order valence-corrected chi connectivity index (χ0v) is 9.83. The Hall–Kier alpha value is -1.56. The summed E-state index contributed by atoms with van der Waals surface area (Å²) < 4.78 is 2.61. The fourth-order valence-electron chi connectivity index (χ4n) is 0.859. The third-order valence-corrected chi connectivity index (χ3v) is 2.48. The molecule has 1 aromatic rings. The average molecular weight is 238 g/mol. The minimum Gasteiger partial charge on any atom is -0.280 e. The van der Waals surface area contributed by atoms with Crippen molar-refractivity contribution in [3.8, 4) is 0 Å². The molecule has 0 unspecified atom stereocenters. The molecule has 0 bridgehead atoms. The highest BCUT2D eigenvalue weighted by molar-refractivity contribution is 7.97. The zero-order chi connectivity index (χ0) is 11.6. The van der Waals surface area contributed by atoms with Gasteiger partial charge in [0.05, 0.1) is 6.21 Å². The van der Waals surface area contributed by atoms with Crippen LogP contribution in [0.1, 0.15) is 18.9 Å². The Kier molecular flexibility index (Phi) is 6.02. The van der Waals surface area contributed by atoms with Crippen LogP contribution in [0.3, 0.4) is 0 Å². The predicted molar refractivity (Wildman–Crippen MR) is 66.2 cm³/mol. The molecule has 0 aromatic carbocycles. The number of carbonyl (C=O) groups excluding carboxylic acids is 1. The van der Waals surface area contributed by atoms with E-state index in [1.54, 1.807) is 18.5 Å². The first-order chi connectivity index (χ1) is 7.83. The van der Waals surface area contributed by atoms with Crippen molar-refractivity contribution in [1.29, 1.82) is 0 Å². The second kappa shape index (κ2) is 7.70. The first kappa shape index (κ1) is 12.5. The molecule has 0 atom stereocenters. The number of pyridine rings is 1. The van der Waals surface area contributed by atoms with E-state index in [9.17, 15) is 4.79 Å². The SMILES string of the molecule is CCCSNC(=O)N/N=C/c1cccnc1. The van der Waals surface area contributed by atoms with Crippen LogP contribution in [-0.2, 0) is 0 Å². The van der Waals surface area contributed by atoms with E-state index in [0.29, 0.717) is 0 Å². The predicted octanol–water partition coefficient (Wildman–Crippen LogP) is 1.77. The van der Waals surface area contributed by atoms with Crippen LogP contribution in [0.15, 0.2) is 29.6 Å². The lowest BCUT2D eigenvalue weighted by Crippen LogP contribution is -2.27. The highest BCUT2D eigenvalue weighted by Gasteiger charge is 1.95. The van der Waals surface area contributed by atoms with E-state index in [1.165, 1.54) is 18.2 Å². The molecule has 1 heterocycles. The van der Waals surface area contributed by atoms with Gasteiger partial charge < -0.3 is 0 Å². The van der Waals surface area contributed by atoms with E-state index in [4.69, 9.17) is 0 Å². The molecule has 0 spiro atoms. The van der Waals surface area contributed by atoms with Crippen molar-refractivity contribution in [2.24, 2.45) is 5.10 Å². The first-order valence-corrected chi connectivity index (χ1v) is 5.92. The molecule has 2 amide bonds. The minimum absolute atomic E-state index is 0.321. The maximum atomic E-state index is 11.1. The summed E-state index contributed by atoms with van der Waals surface area (Å²) in [6.07, 6.45) is 5.90. The lowest BCUT2D eigenvalue weighted by Gasteiger charge is -2.00. The summed E-state index contributed by atoms with van der Waals surface area (Å²) in [5, 5.41) is 3.78. The molecule has 0 saturated heterocycles. The molecular weight excluding hydrogens is 224 g/mol. The van der Waals surface area contributed by atoms with Gasteiger partial charge in [0.2, 0.25) is 0 Å². The Morgan fingerprint density at radius 1 is 1.69 bits per heavy atom. The molecule has 0 aliphatic heterocycles. The van der Waals surface area contributed by atoms with E-state index in [0.717, 1.165) is 17.7 Å². The Balaban J connectivity index is 2.24. The summed E-state index contributed by atoms with van der Waals surface area (Å²) >= 11 is 1.36. The van der Waals surface area contributed by atoms with E-state index < -0.39 is 0 Å². The van der Waals surface area contributed by atoms with Crippen LogP contribution in [0.25, 0.3) is 0 Å². The van der Waals surface area contributed by atoms with Gasteiger partial charge in [-0.15, -0.1) is 0 Å². The number of aromatic nitrogens is 1. The maximum absolute atomic E-state index is 11.1. The van der Waals surface area contributed by atoms with Crippen molar-refractivity contribution in [2.45, 2.75) is 13.3 Å². The molecule has 6 heteroatoms. The Morgan fingerprint density at radius 2 is 2.56 bits per heavy atom. The second-order valence-electron chi connectivity index (χ2n) is 2.94. The summed E-state index contributed by atoms with van der Waals surface area (Å²) in [6.45, 7) is 2.05. The highest BCUT2D eigenvalue weighted by atomic mass is 32.2. The number of hydrogen-bond donors (Lipinski definition) is 2. The van der Waals surface area contributed by atoms with E-state index in [1.807, 2.05) is 13.0 Å². The van der Waals surface area contributed by atoms with E-state index in [2.05, 4.69) is 20.2 Å². The van der Waals surface area contributed by atoms with Crippen LogP contribution in [-0.4, -0.2) is 23.0 Å². The van der Waals surface area contributed by atoms with Crippen LogP contribution in [0.2, 0.25) is 0 Å². The molecule has 2 N–H and O–H groups in total. The van der Waals surface area contributed by atoms with Gasteiger partial charge in [-0.25, -0.2) is 10.2 Å². The van der Waals surface area contributed by atoms with Gasteiger partial charge in [-0.2, -0.15) is 5.10 Å². The molecule has 86 valence electrons. The number of rotatable bonds is 5. The summed E-state index contributed by atoms with van der Waals surface area (Å²) in [5.41, 5.74) is 3.20. The molecule has 5 nitrogen and oxygen atoms in total. The molecule has 0 aliphatic carbocycles. The Bertz CT molecular complexity index is 342. The van der Waals surface area contributed by atoms with Gasteiger partial charge in [-0.05, 0) is 24.4 Å². The van der Waals surface area contributed by atoms with Crippen molar-refractivity contribution in [3.63, 3.8) is 0 Å². The van der Waals surface area contributed by atoms with Gasteiger partial charge in [0, 0.05) is 23.7 Å². The lowest BCUT2D eigenvalue weighted by atomic mass is 10.3. The number of hydrogen-bond acceptors (Lipinski definition) is 4. The van der Waals surface area contributed by atoms with Crippen LogP contribution >= 0.6 is 11.9 Å². The van der Waals surface area contributed by atoms with Crippen molar-refractivity contribution in [1.82, 2.24) is 15.1 Å². The van der Waals surface area contributed by atoms with Crippen molar-refractivity contribution >= 4 is 24.2 Å². The molecule has 1 rings (SSSR count). The standard InChI is InChI=1S/C10H14N4OS/c1-2-6-16-14-10(15)13-12-8-9-4-3-5-11-7-9/h3-5,7-8H,2,6H2,1H3,(H2,13,14,15)/b12-8+. The van der Waals surface area contributed by atoms with Crippen molar-refractivity contribution < 1.29 is 4.79 Å². The fourth-order valence-corrected chi connectivity index (χ4v) is 1.34. The molecular formula is C10H14N4OS. The third-order valence-electron chi connectivity index (χ3n) is 1.54. The zero-order valence-electron chi connectivity index (χ0n) is 9.01. The molecule has 16 heavy (non-hydrogen) atoms. The number of urea groups is 1. The van der Waals surface area contributed by atoms with Crippen molar-refractivity contribution in [3.05, 3.63) is 30.1 Å². The minimum atomic E-state index is -0.321. The second-order valence-corrected chi connectivity index (χ2v) is 3.84. The average Bonchev–Trinajstić information content (AvgIpc) is 2.31. The van der Waals surface area contributed by atoms with Gasteiger partial charge in [-0.3, -0.25) is 9.71 Å². The molecule has 1 aromatic heterocycles. The van der Waals surface area contributed by atoms with Gasteiger partial charge in [0.25, 0.3) is 0 Å². The first-order valence-electron chi connectivity index (χ1n) is 4.93. The normalized spacial score (nSPS) is 10.3. The third kappa shape index (κ3) is 5.35. The van der Waals surface area contributed by atoms with Crippen molar-refractivity contribution in [2.75, 3.05) is 5.75 Å². The summed E-state index contributed by atoms with van der Waals surface area (Å²) in [7, 11) is 0. The van der Waals surface area contributed by atoms with Gasteiger partial charge in [0.15, 0.2) is 0 Å². The number of nitrogens with zero attached hydrogens (tertiary/aromatic N) is 2. The quantitative estimate of drug-likeness (QED) is 0.355. The Morgan fingerprint density at radius 3 is 3.25 bits per heavy atom. The molecule has 0 radical (unpaired) electrons. The highest BCUT2D eigenvalue weighted by Crippen LogP contribution is 1.94. The summed E-state index contributed by atoms with van der Waals surface area (Å²) in [5.74, 6) is 0.889. The number of nitrogens with one attached hydrogen (secondary N) is 2. The maximum Gasteiger partial charge on any atom is 0.345 e. The van der Waals surface area contributed by atoms with Crippen LogP contribution < -0.4 is 10.1 Å². The largest absolute Gasteiger partial charge is 0.345 e. The lowest BCUT2D eigenvalue weighted by molar-refractivity contribution is 0.247. The van der Waals surface area contributed by atoms with E-state index in [-0.39, 0.29) is 6.03 Å². The van der Waals surface area contributed by atoms with Gasteiger partial charge in [-0.1, -0.05) is 13.0 Å². The smallest absolute Gasteiger partial charge is 0.280 e. The summed E-state index contributed by atoms with van der Waals surface area (Å²) in [6, 6.07) is 3.33. The molecule has 0 saturated carbocycles. The molecule has 0 aliphatic rings. The van der Waals surface area contributed by atoms with Crippen LogP contribution in [0.4, 0.5) is 4.79 Å². The number of amides is 2. The number of carbonyl (C=O) groups is 1. The van der Waals surface area contributed by atoms with E-state index >= 15 is 0 Å². The molecule has 0 fully saturated rings. The van der Waals surface area contributed by atoms with Crippen LogP contribution in [0.5, 0.6) is 0 Å². The monoisotopic (exact) mass is 238 g/mol. The Labute approximate surface area is 98.9 Å². The topological polar surface area (TPSA) is 66.4 Å². The van der Waals surface area contributed by atoms with Gasteiger partial charge >= 0.3 is 6.03 Å². The number of hydrazone groups is 1. The fraction of sp³-hybridized carbons (Fsp3) is 0.300. The summed E-state index contributed by atoms with van der Waals surface area (Å²) in [4.78, 5) is 15.1. The van der Waals surface area contributed by atoms with Crippen LogP contribution in [0, 0.1) is 0 Å².